The van der Waals surface area contributed by atoms with Crippen LogP contribution in [0.25, 0.3) is 11.0 Å². The van der Waals surface area contributed by atoms with Gasteiger partial charge in [0.1, 0.15) is 5.75 Å². The molecule has 2 aromatic carbocycles. The van der Waals surface area contributed by atoms with Gasteiger partial charge in [-0.05, 0) is 53.1 Å². The van der Waals surface area contributed by atoms with E-state index >= 15 is 0 Å². The molecule has 0 aliphatic heterocycles. The second-order valence-corrected chi connectivity index (χ2v) is 4.98. The topological polar surface area (TPSA) is 74.2 Å². The van der Waals surface area contributed by atoms with E-state index in [1.807, 2.05) is 25.1 Å². The Labute approximate surface area is 117 Å². The van der Waals surface area contributed by atoms with Gasteiger partial charge >= 0.3 is 0 Å². The molecule has 0 spiro atoms. The van der Waals surface area contributed by atoms with Crippen molar-refractivity contribution in [1.29, 1.82) is 0 Å². The molecule has 3 rings (SSSR count). The van der Waals surface area contributed by atoms with Gasteiger partial charge in [-0.3, -0.25) is 0 Å². The van der Waals surface area contributed by atoms with Crippen LogP contribution < -0.4 is 10.5 Å². The van der Waals surface area contributed by atoms with E-state index in [2.05, 4.69) is 26.2 Å². The number of ether oxygens (including phenoxy) is 1. The zero-order valence-corrected chi connectivity index (χ0v) is 11.6. The molecule has 6 heteroatoms. The van der Waals surface area contributed by atoms with E-state index < -0.39 is 0 Å². The number of aromatic nitrogens is 2. The van der Waals surface area contributed by atoms with Crippen LogP contribution in [0.1, 0.15) is 5.56 Å². The Hall–Kier alpha value is -2.08. The number of aryl methyl sites for hydroxylation is 1. The van der Waals surface area contributed by atoms with Gasteiger partial charge < -0.3 is 10.5 Å². The largest absolute Gasteiger partial charge is 0.455 e. The number of rotatable bonds is 2. The summed E-state index contributed by atoms with van der Waals surface area (Å²) >= 11 is 3.45. The lowest BCUT2D eigenvalue weighted by molar-refractivity contribution is 0.314. The lowest BCUT2D eigenvalue weighted by Crippen LogP contribution is -1.90. The van der Waals surface area contributed by atoms with Gasteiger partial charge in [0.25, 0.3) is 0 Å². The molecular weight excluding hydrogens is 310 g/mol. The third-order valence-electron chi connectivity index (χ3n) is 2.77. The van der Waals surface area contributed by atoms with Gasteiger partial charge in [-0.2, -0.15) is 0 Å². The second kappa shape index (κ2) is 4.55. The number of anilines is 1. The van der Waals surface area contributed by atoms with E-state index in [0.717, 1.165) is 15.8 Å². The smallest absolute Gasteiger partial charge is 0.179 e. The highest BCUT2D eigenvalue weighted by atomic mass is 79.9. The number of nitrogens with zero attached hydrogens (tertiary/aromatic N) is 2. The molecule has 0 saturated carbocycles. The van der Waals surface area contributed by atoms with Crippen molar-refractivity contribution in [3.63, 3.8) is 0 Å². The van der Waals surface area contributed by atoms with Crippen molar-refractivity contribution in [3.8, 4) is 11.5 Å². The van der Waals surface area contributed by atoms with E-state index in [9.17, 15) is 0 Å². The van der Waals surface area contributed by atoms with Crippen molar-refractivity contribution in [1.82, 2.24) is 10.3 Å². The molecule has 0 aliphatic carbocycles. The molecule has 96 valence electrons. The van der Waals surface area contributed by atoms with Crippen molar-refractivity contribution < 1.29 is 9.37 Å². The Morgan fingerprint density at radius 3 is 2.74 bits per heavy atom. The van der Waals surface area contributed by atoms with Crippen LogP contribution in [-0.4, -0.2) is 10.3 Å². The molecular formula is C13H10BrN3O2. The SMILES string of the molecule is Cc1cc(Oc2ccc(N)c3nonc23)ccc1Br. The summed E-state index contributed by atoms with van der Waals surface area (Å²) in [7, 11) is 0. The lowest BCUT2D eigenvalue weighted by atomic mass is 10.2. The van der Waals surface area contributed by atoms with Crippen molar-refractivity contribution >= 4 is 32.7 Å². The molecule has 5 nitrogen and oxygen atoms in total. The number of hydrogen-bond acceptors (Lipinski definition) is 5. The molecule has 0 unspecified atom stereocenters. The Morgan fingerprint density at radius 2 is 1.95 bits per heavy atom. The third-order valence-corrected chi connectivity index (χ3v) is 3.66. The summed E-state index contributed by atoms with van der Waals surface area (Å²) in [6.45, 7) is 1.99. The van der Waals surface area contributed by atoms with Crippen molar-refractivity contribution in [2.24, 2.45) is 0 Å². The van der Waals surface area contributed by atoms with E-state index in [-0.39, 0.29) is 0 Å². The van der Waals surface area contributed by atoms with E-state index in [1.165, 1.54) is 0 Å². The first kappa shape index (κ1) is 12.0. The van der Waals surface area contributed by atoms with Crippen LogP contribution in [0.15, 0.2) is 39.4 Å². The highest BCUT2D eigenvalue weighted by molar-refractivity contribution is 9.10. The van der Waals surface area contributed by atoms with E-state index in [0.29, 0.717) is 22.5 Å². The number of benzene rings is 2. The summed E-state index contributed by atoms with van der Waals surface area (Å²) in [5.74, 6) is 1.28. The van der Waals surface area contributed by atoms with E-state index in [1.54, 1.807) is 12.1 Å². The first-order valence-electron chi connectivity index (χ1n) is 5.60. The van der Waals surface area contributed by atoms with Crippen LogP contribution in [0.3, 0.4) is 0 Å². The van der Waals surface area contributed by atoms with Crippen molar-refractivity contribution in [3.05, 3.63) is 40.4 Å². The monoisotopic (exact) mass is 319 g/mol. The molecule has 0 bridgehead atoms. The molecule has 0 fully saturated rings. The van der Waals surface area contributed by atoms with Crippen LogP contribution in [0.5, 0.6) is 11.5 Å². The molecule has 0 atom stereocenters. The number of halogens is 1. The molecule has 0 saturated heterocycles. The standard InChI is InChI=1S/C13H10BrN3O2/c1-7-6-8(2-3-9(7)14)18-11-5-4-10(15)12-13(11)17-19-16-12/h2-6H,15H2,1H3. The van der Waals surface area contributed by atoms with Gasteiger partial charge in [0.15, 0.2) is 16.8 Å². The second-order valence-electron chi connectivity index (χ2n) is 4.13. The fourth-order valence-electron chi connectivity index (χ4n) is 1.75. The summed E-state index contributed by atoms with van der Waals surface area (Å²) in [4.78, 5) is 0. The highest BCUT2D eigenvalue weighted by Gasteiger charge is 2.12. The molecule has 1 heterocycles. The van der Waals surface area contributed by atoms with Gasteiger partial charge in [-0.15, -0.1) is 0 Å². The zero-order valence-electron chi connectivity index (χ0n) is 10.1. The maximum Gasteiger partial charge on any atom is 0.179 e. The number of nitrogens with two attached hydrogens (primary N) is 1. The number of hydrogen-bond donors (Lipinski definition) is 1. The van der Waals surface area contributed by atoms with Gasteiger partial charge in [0.2, 0.25) is 0 Å². The predicted octanol–water partition coefficient (Wildman–Crippen LogP) is 3.67. The first-order valence-corrected chi connectivity index (χ1v) is 6.39. The quantitative estimate of drug-likeness (QED) is 0.729. The minimum absolute atomic E-state index is 0.506. The number of fused-ring (bicyclic) bond motifs is 1. The first-order chi connectivity index (χ1) is 9.15. The predicted molar refractivity (Wildman–Crippen MR) is 75.2 cm³/mol. The third kappa shape index (κ3) is 2.15. The molecule has 19 heavy (non-hydrogen) atoms. The Bertz CT molecular complexity index is 755. The average Bonchev–Trinajstić information content (AvgIpc) is 2.87. The highest BCUT2D eigenvalue weighted by Crippen LogP contribution is 2.32. The summed E-state index contributed by atoms with van der Waals surface area (Å²) in [5, 5.41) is 7.57. The summed E-state index contributed by atoms with van der Waals surface area (Å²) in [6, 6.07) is 9.19. The lowest BCUT2D eigenvalue weighted by Gasteiger charge is -2.07. The zero-order chi connectivity index (χ0) is 13.4. The molecule has 2 N–H and O–H groups in total. The fraction of sp³-hybridized carbons (Fsp3) is 0.0769. The maximum atomic E-state index is 5.80. The van der Waals surface area contributed by atoms with Gasteiger partial charge in [0, 0.05) is 4.47 Å². The molecule has 1 aromatic heterocycles. The fourth-order valence-corrected chi connectivity index (χ4v) is 2.00. The van der Waals surface area contributed by atoms with Crippen LogP contribution in [0.4, 0.5) is 5.69 Å². The Kier molecular flexibility index (Phi) is 2.87. The molecule has 0 aliphatic rings. The van der Waals surface area contributed by atoms with Gasteiger partial charge in [-0.1, -0.05) is 15.9 Å². The van der Waals surface area contributed by atoms with E-state index in [4.69, 9.17) is 15.1 Å². The Balaban J connectivity index is 2.03. The van der Waals surface area contributed by atoms with Gasteiger partial charge in [-0.25, -0.2) is 4.63 Å². The minimum Gasteiger partial charge on any atom is -0.455 e. The minimum atomic E-state index is 0.506. The van der Waals surface area contributed by atoms with Crippen molar-refractivity contribution in [2.75, 3.05) is 5.73 Å². The van der Waals surface area contributed by atoms with Crippen LogP contribution >= 0.6 is 15.9 Å². The van der Waals surface area contributed by atoms with Crippen LogP contribution in [0.2, 0.25) is 0 Å². The van der Waals surface area contributed by atoms with Crippen molar-refractivity contribution in [2.45, 2.75) is 6.92 Å². The normalized spacial score (nSPS) is 10.8. The Morgan fingerprint density at radius 1 is 1.16 bits per heavy atom. The maximum absolute atomic E-state index is 5.80. The molecule has 0 radical (unpaired) electrons. The van der Waals surface area contributed by atoms with Crippen LogP contribution in [-0.2, 0) is 0 Å². The summed E-state index contributed by atoms with van der Waals surface area (Å²) < 4.78 is 11.5. The summed E-state index contributed by atoms with van der Waals surface area (Å²) in [5.41, 5.74) is 8.40. The molecule has 0 amide bonds. The summed E-state index contributed by atoms with van der Waals surface area (Å²) in [6.07, 6.45) is 0. The average molecular weight is 320 g/mol. The number of nitrogen functional groups attached to an aromatic ring is 1. The molecule has 3 aromatic rings. The van der Waals surface area contributed by atoms with Gasteiger partial charge in [0.05, 0.1) is 5.69 Å². The van der Waals surface area contributed by atoms with Crippen LogP contribution in [0, 0.1) is 6.92 Å².